The number of rotatable bonds is 7. The number of hydrogen-bond donors (Lipinski definition) is 1. The van der Waals surface area contributed by atoms with Crippen LogP contribution in [0.1, 0.15) is 22.8 Å². The number of para-hydroxylation sites is 1. The third-order valence-corrected chi connectivity index (χ3v) is 4.83. The molecule has 30 heavy (non-hydrogen) atoms. The topological polar surface area (TPSA) is 60.3 Å². The monoisotopic (exact) mass is 398 g/mol. The number of ketones is 1. The van der Waals surface area contributed by atoms with E-state index in [4.69, 9.17) is 4.74 Å². The van der Waals surface area contributed by atoms with Crippen LogP contribution >= 0.6 is 0 Å². The van der Waals surface area contributed by atoms with Crippen molar-refractivity contribution in [2.24, 2.45) is 0 Å². The first-order valence-electron chi connectivity index (χ1n) is 9.86. The van der Waals surface area contributed by atoms with Gasteiger partial charge < -0.3 is 14.6 Å². The van der Waals surface area contributed by atoms with Crippen LogP contribution in [0.4, 0.5) is 5.69 Å². The maximum absolute atomic E-state index is 13.0. The quantitative estimate of drug-likeness (QED) is 0.450. The molecule has 5 heteroatoms. The Morgan fingerprint density at radius 2 is 1.60 bits per heavy atom. The third kappa shape index (κ3) is 4.10. The van der Waals surface area contributed by atoms with Gasteiger partial charge in [-0.05, 0) is 37.3 Å². The van der Waals surface area contributed by atoms with Crippen LogP contribution < -0.4 is 10.1 Å². The zero-order valence-corrected chi connectivity index (χ0v) is 16.7. The molecule has 0 spiro atoms. The van der Waals surface area contributed by atoms with E-state index in [0.717, 1.165) is 16.7 Å². The summed E-state index contributed by atoms with van der Waals surface area (Å²) in [6.45, 7) is 2.63. The van der Waals surface area contributed by atoms with Gasteiger partial charge >= 0.3 is 0 Å². The fourth-order valence-electron chi connectivity index (χ4n) is 3.46. The number of fused-ring (bicyclic) bond motifs is 1. The van der Waals surface area contributed by atoms with Crippen molar-refractivity contribution in [3.05, 3.63) is 96.2 Å². The van der Waals surface area contributed by atoms with Crippen molar-refractivity contribution in [2.45, 2.75) is 13.5 Å². The smallest absolute Gasteiger partial charge is 0.244 e. The number of ether oxygens (including phenoxy) is 1. The van der Waals surface area contributed by atoms with Crippen LogP contribution in [0.25, 0.3) is 10.9 Å². The Bertz CT molecular complexity index is 1180. The van der Waals surface area contributed by atoms with Gasteiger partial charge in [0.25, 0.3) is 0 Å². The molecule has 0 bridgehead atoms. The zero-order valence-electron chi connectivity index (χ0n) is 16.7. The van der Waals surface area contributed by atoms with Crippen molar-refractivity contribution in [3.8, 4) is 5.75 Å². The van der Waals surface area contributed by atoms with Gasteiger partial charge in [-0.2, -0.15) is 0 Å². The Labute approximate surface area is 174 Å². The van der Waals surface area contributed by atoms with Crippen molar-refractivity contribution in [1.29, 1.82) is 0 Å². The minimum Gasteiger partial charge on any atom is -0.494 e. The van der Waals surface area contributed by atoms with E-state index in [-0.39, 0.29) is 18.2 Å². The molecule has 0 atom stereocenters. The molecule has 0 aliphatic rings. The van der Waals surface area contributed by atoms with Gasteiger partial charge in [-0.25, -0.2) is 0 Å². The molecule has 0 saturated carbocycles. The lowest BCUT2D eigenvalue weighted by molar-refractivity contribution is -0.116. The second-order valence-electron chi connectivity index (χ2n) is 6.89. The molecule has 0 saturated heterocycles. The number of nitrogens with zero attached hydrogens (tertiary/aromatic N) is 1. The van der Waals surface area contributed by atoms with E-state index in [1.807, 2.05) is 66.1 Å². The first-order valence-corrected chi connectivity index (χ1v) is 9.86. The molecule has 3 aromatic carbocycles. The zero-order chi connectivity index (χ0) is 20.9. The Balaban J connectivity index is 1.57. The van der Waals surface area contributed by atoms with Gasteiger partial charge in [0.15, 0.2) is 5.78 Å². The van der Waals surface area contributed by atoms with E-state index in [9.17, 15) is 9.59 Å². The Hall–Kier alpha value is -3.86. The maximum atomic E-state index is 13.0. The molecule has 0 fully saturated rings. The number of hydrogen-bond acceptors (Lipinski definition) is 3. The van der Waals surface area contributed by atoms with Crippen LogP contribution in [0.5, 0.6) is 5.75 Å². The second kappa shape index (κ2) is 8.66. The SMILES string of the molecule is CCOc1ccc(NC(=O)Cn2cc(C(=O)c3ccccc3)c3ccccc32)cc1. The van der Waals surface area contributed by atoms with Crippen molar-refractivity contribution in [3.63, 3.8) is 0 Å². The van der Waals surface area contributed by atoms with Crippen LogP contribution in [-0.4, -0.2) is 22.9 Å². The largest absolute Gasteiger partial charge is 0.494 e. The predicted molar refractivity (Wildman–Crippen MR) is 118 cm³/mol. The highest BCUT2D eigenvalue weighted by Crippen LogP contribution is 2.24. The molecule has 1 amide bonds. The molecule has 1 heterocycles. The van der Waals surface area contributed by atoms with E-state index >= 15 is 0 Å². The molecule has 1 aromatic heterocycles. The number of amides is 1. The lowest BCUT2D eigenvalue weighted by Gasteiger charge is -2.08. The molecule has 0 aliphatic heterocycles. The van der Waals surface area contributed by atoms with Gasteiger partial charge in [-0.3, -0.25) is 9.59 Å². The van der Waals surface area contributed by atoms with E-state index in [0.29, 0.717) is 23.4 Å². The van der Waals surface area contributed by atoms with Crippen molar-refractivity contribution < 1.29 is 14.3 Å². The summed E-state index contributed by atoms with van der Waals surface area (Å²) in [5.41, 5.74) is 2.75. The van der Waals surface area contributed by atoms with Gasteiger partial charge in [0.05, 0.1) is 6.61 Å². The minimum atomic E-state index is -0.168. The van der Waals surface area contributed by atoms with Crippen LogP contribution in [0.2, 0.25) is 0 Å². The molecule has 5 nitrogen and oxygen atoms in total. The molecule has 1 N–H and O–H groups in total. The summed E-state index contributed by atoms with van der Waals surface area (Å²) < 4.78 is 7.24. The molecule has 0 unspecified atom stereocenters. The normalized spacial score (nSPS) is 10.7. The maximum Gasteiger partial charge on any atom is 0.244 e. The Morgan fingerprint density at radius 1 is 0.900 bits per heavy atom. The van der Waals surface area contributed by atoms with E-state index < -0.39 is 0 Å². The van der Waals surface area contributed by atoms with Crippen LogP contribution in [0, 0.1) is 0 Å². The summed E-state index contributed by atoms with van der Waals surface area (Å²) in [7, 11) is 0. The fraction of sp³-hybridized carbons (Fsp3) is 0.120. The van der Waals surface area contributed by atoms with Crippen LogP contribution in [0.15, 0.2) is 85.1 Å². The highest BCUT2D eigenvalue weighted by Gasteiger charge is 2.17. The van der Waals surface area contributed by atoms with Gasteiger partial charge in [0.2, 0.25) is 5.91 Å². The number of nitrogens with one attached hydrogen (secondary N) is 1. The summed E-state index contributed by atoms with van der Waals surface area (Å²) >= 11 is 0. The number of carbonyl (C=O) groups is 2. The molecule has 150 valence electrons. The lowest BCUT2D eigenvalue weighted by atomic mass is 10.0. The summed E-state index contributed by atoms with van der Waals surface area (Å²) in [6.07, 6.45) is 1.76. The minimum absolute atomic E-state index is 0.0579. The molecule has 4 aromatic rings. The highest BCUT2D eigenvalue weighted by atomic mass is 16.5. The summed E-state index contributed by atoms with van der Waals surface area (Å²) in [5.74, 6) is 0.534. The lowest BCUT2D eigenvalue weighted by Crippen LogP contribution is -2.18. The number of carbonyl (C=O) groups excluding carboxylic acids is 2. The summed E-state index contributed by atoms with van der Waals surface area (Å²) in [5, 5.41) is 3.73. The average molecular weight is 398 g/mol. The van der Waals surface area contributed by atoms with E-state index in [1.54, 1.807) is 30.5 Å². The molecular weight excluding hydrogens is 376 g/mol. The number of aromatic nitrogens is 1. The van der Waals surface area contributed by atoms with Gasteiger partial charge in [-0.15, -0.1) is 0 Å². The van der Waals surface area contributed by atoms with E-state index in [1.165, 1.54) is 0 Å². The van der Waals surface area contributed by atoms with Crippen LogP contribution in [-0.2, 0) is 11.3 Å². The fourth-order valence-corrected chi connectivity index (χ4v) is 3.46. The standard InChI is InChI=1S/C25H22N2O3/c1-2-30-20-14-12-19(13-15-20)26-24(28)17-27-16-22(21-10-6-7-11-23(21)27)25(29)18-8-4-3-5-9-18/h3-16H,2,17H2,1H3,(H,26,28). The third-order valence-electron chi connectivity index (χ3n) is 4.83. The van der Waals surface area contributed by atoms with E-state index in [2.05, 4.69) is 5.32 Å². The summed E-state index contributed by atoms with van der Waals surface area (Å²) in [4.78, 5) is 25.6. The van der Waals surface area contributed by atoms with Crippen LogP contribution in [0.3, 0.4) is 0 Å². The van der Waals surface area contributed by atoms with Crippen molar-refractivity contribution >= 4 is 28.3 Å². The Morgan fingerprint density at radius 3 is 2.33 bits per heavy atom. The second-order valence-corrected chi connectivity index (χ2v) is 6.89. The predicted octanol–water partition coefficient (Wildman–Crippen LogP) is 4.91. The molecule has 0 aliphatic carbocycles. The van der Waals surface area contributed by atoms with Gasteiger partial charge in [0.1, 0.15) is 12.3 Å². The highest BCUT2D eigenvalue weighted by molar-refractivity contribution is 6.16. The van der Waals surface area contributed by atoms with Gasteiger partial charge in [-0.1, -0.05) is 48.5 Å². The van der Waals surface area contributed by atoms with Crippen molar-refractivity contribution in [1.82, 2.24) is 4.57 Å². The number of anilines is 1. The molecule has 4 rings (SSSR count). The first kappa shape index (κ1) is 19.5. The molecule has 0 radical (unpaired) electrons. The van der Waals surface area contributed by atoms with Gasteiger partial charge in [0, 0.05) is 33.9 Å². The number of benzene rings is 3. The first-order chi connectivity index (χ1) is 14.7. The summed E-state index contributed by atoms with van der Waals surface area (Å²) in [6, 6.07) is 24.0. The average Bonchev–Trinajstić information content (AvgIpc) is 3.14. The molecular formula is C25H22N2O3. The Kier molecular flexibility index (Phi) is 5.61. The van der Waals surface area contributed by atoms with Crippen molar-refractivity contribution in [2.75, 3.05) is 11.9 Å².